The van der Waals surface area contributed by atoms with Crippen molar-refractivity contribution in [2.24, 2.45) is 0 Å². The average Bonchev–Trinajstić information content (AvgIpc) is 2.72. The van der Waals surface area contributed by atoms with E-state index in [-0.39, 0.29) is 38.3 Å². The molecule has 1 aliphatic rings. The van der Waals surface area contributed by atoms with Crippen LogP contribution < -0.4 is 4.72 Å². The summed E-state index contributed by atoms with van der Waals surface area (Å²) in [6, 6.07) is 5.13. The predicted molar refractivity (Wildman–Crippen MR) is 96.0 cm³/mol. The van der Waals surface area contributed by atoms with E-state index >= 15 is 0 Å². The van der Waals surface area contributed by atoms with E-state index in [0.29, 0.717) is 16.5 Å². The summed E-state index contributed by atoms with van der Waals surface area (Å²) < 4.78 is 30.7. The fraction of sp³-hybridized carbons (Fsp3) is 0.533. The van der Waals surface area contributed by atoms with Crippen LogP contribution in [0.15, 0.2) is 18.2 Å². The van der Waals surface area contributed by atoms with Crippen molar-refractivity contribution in [3.8, 4) is 0 Å². The van der Waals surface area contributed by atoms with Gasteiger partial charge >= 0.3 is 6.09 Å². The molecule has 1 aromatic carbocycles. The zero-order chi connectivity index (χ0) is 18.6. The molecule has 1 aliphatic heterocycles. The minimum absolute atomic E-state index is 0.203. The minimum Gasteiger partial charge on any atom is -0.465 e. The fourth-order valence-electron chi connectivity index (χ4n) is 2.78. The highest BCUT2D eigenvalue weighted by Crippen LogP contribution is 2.32. The van der Waals surface area contributed by atoms with Crippen LogP contribution >= 0.6 is 23.2 Å². The zero-order valence-electron chi connectivity index (χ0n) is 13.6. The summed E-state index contributed by atoms with van der Waals surface area (Å²) >= 11 is 12.0. The van der Waals surface area contributed by atoms with Crippen LogP contribution in [0.5, 0.6) is 0 Å². The maximum atomic E-state index is 11.4. The Morgan fingerprint density at radius 1 is 1.40 bits per heavy atom. The van der Waals surface area contributed by atoms with Gasteiger partial charge in [-0.1, -0.05) is 29.3 Å². The SMILES string of the molecule is CS(=O)(=O)NCCC1OCCN(C(=O)O)CC1c1ccc(Cl)c(Cl)c1. The number of ether oxygens (including phenoxy) is 1. The van der Waals surface area contributed by atoms with E-state index in [1.165, 1.54) is 4.90 Å². The Morgan fingerprint density at radius 3 is 2.72 bits per heavy atom. The van der Waals surface area contributed by atoms with Gasteiger partial charge in [-0.05, 0) is 24.1 Å². The summed E-state index contributed by atoms with van der Waals surface area (Å²) in [7, 11) is -3.30. The second-order valence-electron chi connectivity index (χ2n) is 5.87. The number of nitrogens with zero attached hydrogens (tertiary/aromatic N) is 1. The van der Waals surface area contributed by atoms with Crippen molar-refractivity contribution < 1.29 is 23.1 Å². The summed E-state index contributed by atoms with van der Waals surface area (Å²) in [4.78, 5) is 12.7. The number of amides is 1. The summed E-state index contributed by atoms with van der Waals surface area (Å²) in [5.74, 6) is -0.283. The molecule has 1 amide bonds. The average molecular weight is 411 g/mol. The quantitative estimate of drug-likeness (QED) is 0.776. The summed E-state index contributed by atoms with van der Waals surface area (Å²) in [5, 5.41) is 10.1. The van der Waals surface area contributed by atoms with Crippen molar-refractivity contribution in [1.29, 1.82) is 0 Å². The lowest BCUT2D eigenvalue weighted by Gasteiger charge is -2.27. The van der Waals surface area contributed by atoms with Crippen molar-refractivity contribution in [2.45, 2.75) is 18.4 Å². The Balaban J connectivity index is 2.23. The van der Waals surface area contributed by atoms with E-state index in [4.69, 9.17) is 27.9 Å². The van der Waals surface area contributed by atoms with Crippen LogP contribution in [0.4, 0.5) is 4.79 Å². The molecular weight excluding hydrogens is 391 g/mol. The number of nitrogens with one attached hydrogen (secondary N) is 1. The topological polar surface area (TPSA) is 95.9 Å². The highest BCUT2D eigenvalue weighted by molar-refractivity contribution is 7.88. The molecule has 0 aromatic heterocycles. The van der Waals surface area contributed by atoms with Crippen LogP contribution in [-0.2, 0) is 14.8 Å². The van der Waals surface area contributed by atoms with Crippen molar-refractivity contribution in [3.05, 3.63) is 33.8 Å². The van der Waals surface area contributed by atoms with Gasteiger partial charge in [-0.2, -0.15) is 0 Å². The third-order valence-corrected chi connectivity index (χ3v) is 5.46. The molecule has 0 bridgehead atoms. The second-order valence-corrected chi connectivity index (χ2v) is 8.52. The zero-order valence-corrected chi connectivity index (χ0v) is 15.9. The lowest BCUT2D eigenvalue weighted by atomic mass is 9.91. The first-order chi connectivity index (χ1) is 11.7. The lowest BCUT2D eigenvalue weighted by molar-refractivity contribution is 0.0463. The van der Waals surface area contributed by atoms with Crippen molar-refractivity contribution in [3.63, 3.8) is 0 Å². The Kier molecular flexibility index (Phi) is 6.93. The summed E-state index contributed by atoms with van der Waals surface area (Å²) in [6.07, 6.45) is 0.120. The molecule has 1 saturated heterocycles. The smallest absolute Gasteiger partial charge is 0.407 e. The van der Waals surface area contributed by atoms with E-state index in [1.54, 1.807) is 18.2 Å². The number of benzene rings is 1. The normalized spacial score (nSPS) is 21.8. The van der Waals surface area contributed by atoms with E-state index in [2.05, 4.69) is 4.72 Å². The summed E-state index contributed by atoms with van der Waals surface area (Å²) in [5.41, 5.74) is 0.798. The molecule has 140 valence electrons. The third-order valence-electron chi connectivity index (χ3n) is 3.99. The van der Waals surface area contributed by atoms with E-state index in [9.17, 15) is 18.3 Å². The van der Waals surface area contributed by atoms with Gasteiger partial charge in [0.15, 0.2) is 0 Å². The molecule has 1 fully saturated rings. The first kappa shape index (κ1) is 20.3. The Hall–Kier alpha value is -1.06. The van der Waals surface area contributed by atoms with Gasteiger partial charge in [0, 0.05) is 25.6 Å². The molecule has 2 N–H and O–H groups in total. The van der Waals surface area contributed by atoms with Crippen LogP contribution in [0.2, 0.25) is 10.0 Å². The minimum atomic E-state index is -3.30. The molecule has 7 nitrogen and oxygen atoms in total. The number of carboxylic acid groups (broad SMARTS) is 1. The molecule has 25 heavy (non-hydrogen) atoms. The van der Waals surface area contributed by atoms with Gasteiger partial charge in [-0.15, -0.1) is 0 Å². The van der Waals surface area contributed by atoms with Gasteiger partial charge < -0.3 is 14.7 Å². The van der Waals surface area contributed by atoms with Crippen LogP contribution in [0.1, 0.15) is 17.9 Å². The van der Waals surface area contributed by atoms with Gasteiger partial charge in [-0.25, -0.2) is 17.9 Å². The van der Waals surface area contributed by atoms with Gasteiger partial charge in [-0.3, -0.25) is 0 Å². The number of carbonyl (C=O) groups is 1. The highest BCUT2D eigenvalue weighted by Gasteiger charge is 2.31. The number of hydrogen-bond acceptors (Lipinski definition) is 4. The molecular formula is C15H20Cl2N2O5S. The van der Waals surface area contributed by atoms with Crippen LogP contribution in [0.3, 0.4) is 0 Å². The lowest BCUT2D eigenvalue weighted by Crippen LogP contribution is -2.36. The predicted octanol–water partition coefficient (Wildman–Crippen LogP) is 2.40. The second kappa shape index (κ2) is 8.55. The maximum absolute atomic E-state index is 11.4. The standard InChI is InChI=1S/C15H20Cl2N2O5S/c1-25(22,23)18-5-4-14-11(9-19(15(20)21)6-7-24-14)10-2-3-12(16)13(17)8-10/h2-3,8,11,14,18H,4-7,9H2,1H3,(H,20,21). The van der Waals surface area contributed by atoms with Gasteiger partial charge in [0.2, 0.25) is 10.0 Å². The number of hydrogen-bond donors (Lipinski definition) is 2. The molecule has 0 aliphatic carbocycles. The number of sulfonamides is 1. The third kappa shape index (κ3) is 6.00. The largest absolute Gasteiger partial charge is 0.465 e. The molecule has 1 heterocycles. The molecule has 0 saturated carbocycles. The summed E-state index contributed by atoms with van der Waals surface area (Å²) in [6.45, 7) is 0.933. The van der Waals surface area contributed by atoms with Gasteiger partial charge in [0.1, 0.15) is 0 Å². The van der Waals surface area contributed by atoms with Crippen LogP contribution in [0.25, 0.3) is 0 Å². The number of halogens is 2. The Labute approximate surface area is 156 Å². The molecule has 2 rings (SSSR count). The van der Waals surface area contributed by atoms with E-state index in [1.807, 2.05) is 0 Å². The maximum Gasteiger partial charge on any atom is 0.407 e. The number of rotatable bonds is 5. The first-order valence-electron chi connectivity index (χ1n) is 7.66. The van der Waals surface area contributed by atoms with Crippen molar-refractivity contribution in [1.82, 2.24) is 9.62 Å². The van der Waals surface area contributed by atoms with Gasteiger partial charge in [0.05, 0.1) is 29.0 Å². The van der Waals surface area contributed by atoms with Crippen molar-refractivity contribution >= 4 is 39.3 Å². The van der Waals surface area contributed by atoms with Crippen molar-refractivity contribution in [2.75, 3.05) is 32.5 Å². The molecule has 0 radical (unpaired) electrons. The van der Waals surface area contributed by atoms with E-state index in [0.717, 1.165) is 11.8 Å². The fourth-order valence-corrected chi connectivity index (χ4v) is 3.58. The molecule has 1 aromatic rings. The van der Waals surface area contributed by atoms with E-state index < -0.39 is 16.1 Å². The Bertz CT molecular complexity index is 729. The molecule has 2 atom stereocenters. The van der Waals surface area contributed by atoms with Gasteiger partial charge in [0.25, 0.3) is 0 Å². The molecule has 2 unspecified atom stereocenters. The monoisotopic (exact) mass is 410 g/mol. The van der Waals surface area contributed by atoms with Crippen LogP contribution in [0, 0.1) is 0 Å². The Morgan fingerprint density at radius 2 is 2.12 bits per heavy atom. The van der Waals surface area contributed by atoms with Crippen LogP contribution in [-0.4, -0.2) is 63.1 Å². The highest BCUT2D eigenvalue weighted by atomic mass is 35.5. The molecule has 10 heteroatoms. The molecule has 0 spiro atoms. The first-order valence-corrected chi connectivity index (χ1v) is 10.3.